The maximum absolute atomic E-state index is 11.5. The van der Waals surface area contributed by atoms with Gasteiger partial charge in [-0.05, 0) is 17.4 Å². The molecule has 0 saturated heterocycles. The van der Waals surface area contributed by atoms with E-state index in [4.69, 9.17) is 9.84 Å². The van der Waals surface area contributed by atoms with Gasteiger partial charge in [-0.1, -0.05) is 12.7 Å². The van der Waals surface area contributed by atoms with Crippen LogP contribution in [0.3, 0.4) is 0 Å². The minimum Gasteiger partial charge on any atom is -0.488 e. The fraction of sp³-hybridized carbons (Fsp3) is 0.0909. The van der Waals surface area contributed by atoms with Crippen LogP contribution >= 0.6 is 11.3 Å². The largest absolute Gasteiger partial charge is 0.488 e. The molecule has 0 aliphatic carbocycles. The fourth-order valence-corrected chi connectivity index (χ4v) is 1.62. The summed E-state index contributed by atoms with van der Waals surface area (Å²) >= 11 is 1.16. The Labute approximate surface area is 96.2 Å². The molecule has 0 unspecified atom stereocenters. The summed E-state index contributed by atoms with van der Waals surface area (Å²) in [5.74, 6) is 2.29. The maximum atomic E-state index is 11.5. The number of hydrogen-bond donors (Lipinski definition) is 1. The van der Waals surface area contributed by atoms with Gasteiger partial charge in [0.15, 0.2) is 0 Å². The molecule has 0 fully saturated rings. The first-order chi connectivity index (χ1) is 7.65. The topological polar surface area (TPSA) is 63.6 Å². The first-order valence-corrected chi connectivity index (χ1v) is 5.13. The Hall–Kier alpha value is -2.06. The highest BCUT2D eigenvalue weighted by Crippen LogP contribution is 2.25. The second-order valence-electron chi connectivity index (χ2n) is 2.60. The molecular formula is C11H8O4S. The quantitative estimate of drug-likeness (QED) is 0.373. The van der Waals surface area contributed by atoms with Crippen molar-refractivity contribution in [2.24, 2.45) is 0 Å². The molecule has 1 rings (SSSR count). The van der Waals surface area contributed by atoms with E-state index in [1.807, 2.05) is 5.92 Å². The Morgan fingerprint density at radius 1 is 1.56 bits per heavy atom. The van der Waals surface area contributed by atoms with Crippen LogP contribution in [0, 0.1) is 11.8 Å². The monoisotopic (exact) mass is 236 g/mol. The van der Waals surface area contributed by atoms with Gasteiger partial charge in [0.05, 0.1) is 0 Å². The van der Waals surface area contributed by atoms with Crippen LogP contribution in [0.15, 0.2) is 24.1 Å². The van der Waals surface area contributed by atoms with Crippen LogP contribution in [0.4, 0.5) is 0 Å². The summed E-state index contributed by atoms with van der Waals surface area (Å²) in [6.45, 7) is 3.76. The van der Waals surface area contributed by atoms with Crippen molar-refractivity contribution in [2.45, 2.75) is 0 Å². The molecule has 82 valence electrons. The number of carboxylic acid groups (broad SMARTS) is 1. The van der Waals surface area contributed by atoms with E-state index in [-0.39, 0.29) is 6.61 Å². The molecule has 0 aliphatic rings. The first-order valence-electron chi connectivity index (χ1n) is 4.25. The van der Waals surface area contributed by atoms with Gasteiger partial charge in [-0.25, -0.2) is 4.79 Å². The van der Waals surface area contributed by atoms with Gasteiger partial charge in [-0.3, -0.25) is 4.79 Å². The highest BCUT2D eigenvalue weighted by Gasteiger charge is 2.12. The van der Waals surface area contributed by atoms with Crippen molar-refractivity contribution in [3.63, 3.8) is 0 Å². The number of carbonyl (C=O) groups excluding carboxylic acids is 1. The third-order valence-corrected chi connectivity index (χ3v) is 2.37. The Morgan fingerprint density at radius 2 is 2.31 bits per heavy atom. The Bertz CT molecular complexity index is 476. The molecule has 0 bridgehead atoms. The molecule has 0 aromatic carbocycles. The maximum Gasteiger partial charge on any atom is 0.382 e. The smallest absolute Gasteiger partial charge is 0.382 e. The molecule has 1 N–H and O–H groups in total. The van der Waals surface area contributed by atoms with E-state index in [1.54, 1.807) is 23.4 Å². The molecule has 1 aromatic rings. The van der Waals surface area contributed by atoms with E-state index in [2.05, 4.69) is 6.58 Å². The van der Waals surface area contributed by atoms with Crippen molar-refractivity contribution < 1.29 is 19.4 Å². The lowest BCUT2D eigenvalue weighted by molar-refractivity contribution is -0.130. The van der Waals surface area contributed by atoms with Crippen LogP contribution in [0.1, 0.15) is 9.67 Å². The van der Waals surface area contributed by atoms with Crippen molar-refractivity contribution in [2.75, 3.05) is 6.61 Å². The van der Waals surface area contributed by atoms with Crippen LogP contribution in [0.25, 0.3) is 0 Å². The molecule has 0 aliphatic heterocycles. The Kier molecular flexibility index (Phi) is 4.30. The number of ketones is 1. The van der Waals surface area contributed by atoms with Crippen molar-refractivity contribution in [1.82, 2.24) is 0 Å². The number of Topliss-reactive ketones (excluding diaryl/α,β-unsaturated/α-hetero) is 1. The highest BCUT2D eigenvalue weighted by molar-refractivity contribution is 7.12. The number of carboxylic acids is 1. The second kappa shape index (κ2) is 5.73. The van der Waals surface area contributed by atoms with Gasteiger partial charge in [0.2, 0.25) is 5.78 Å². The molecule has 0 amide bonds. The van der Waals surface area contributed by atoms with Gasteiger partial charge in [-0.15, -0.1) is 11.3 Å². The summed E-state index contributed by atoms with van der Waals surface area (Å²) in [5.41, 5.74) is 0. The van der Waals surface area contributed by atoms with Crippen LogP contribution in [0.2, 0.25) is 0 Å². The number of aliphatic carboxylic acids is 1. The standard InChI is InChI=1S/C11H8O4S/c1-2-6-15-9-5-7-16-11(9)8(12)3-4-10(13)14/h2,5,7H,1,6H2,(H,13,14). The lowest BCUT2D eigenvalue weighted by Crippen LogP contribution is -1.99. The van der Waals surface area contributed by atoms with Gasteiger partial charge < -0.3 is 9.84 Å². The van der Waals surface area contributed by atoms with Gasteiger partial charge in [0, 0.05) is 5.92 Å². The van der Waals surface area contributed by atoms with Crippen molar-refractivity contribution >= 4 is 23.1 Å². The van der Waals surface area contributed by atoms with Gasteiger partial charge in [-0.2, -0.15) is 0 Å². The van der Waals surface area contributed by atoms with Crippen LogP contribution in [-0.2, 0) is 4.79 Å². The first kappa shape index (κ1) is 12.0. The minimum atomic E-state index is -1.33. The average Bonchev–Trinajstić information content (AvgIpc) is 2.71. The number of thiophene rings is 1. The lowest BCUT2D eigenvalue weighted by Gasteiger charge is -2.00. The SMILES string of the molecule is C=CCOc1ccsc1C(=O)C#CC(=O)O. The van der Waals surface area contributed by atoms with E-state index in [9.17, 15) is 9.59 Å². The molecule has 0 saturated carbocycles. The average molecular weight is 236 g/mol. The van der Waals surface area contributed by atoms with Crippen molar-refractivity contribution in [3.05, 3.63) is 29.0 Å². The Morgan fingerprint density at radius 3 is 2.94 bits per heavy atom. The summed E-state index contributed by atoms with van der Waals surface area (Å²) in [5, 5.41) is 9.98. The van der Waals surface area contributed by atoms with E-state index >= 15 is 0 Å². The zero-order chi connectivity index (χ0) is 12.0. The van der Waals surface area contributed by atoms with E-state index < -0.39 is 11.8 Å². The van der Waals surface area contributed by atoms with Crippen molar-refractivity contribution in [3.8, 4) is 17.6 Å². The number of ether oxygens (including phenoxy) is 1. The van der Waals surface area contributed by atoms with E-state index in [0.29, 0.717) is 10.6 Å². The minimum absolute atomic E-state index is 0.281. The molecule has 0 spiro atoms. The summed E-state index contributed by atoms with van der Waals surface area (Å²) in [6, 6.07) is 1.63. The van der Waals surface area contributed by atoms with Crippen LogP contribution < -0.4 is 4.74 Å². The molecular weight excluding hydrogens is 228 g/mol. The third kappa shape index (κ3) is 3.26. The molecule has 0 radical (unpaired) electrons. The number of rotatable bonds is 4. The van der Waals surface area contributed by atoms with E-state index in [1.165, 1.54) is 0 Å². The fourth-order valence-electron chi connectivity index (χ4n) is 0.892. The number of hydrogen-bond acceptors (Lipinski definition) is 4. The number of carbonyl (C=O) groups is 2. The van der Waals surface area contributed by atoms with Gasteiger partial charge >= 0.3 is 5.97 Å². The molecule has 16 heavy (non-hydrogen) atoms. The summed E-state index contributed by atoms with van der Waals surface area (Å²) in [4.78, 5) is 21.9. The predicted molar refractivity (Wildman–Crippen MR) is 59.8 cm³/mol. The predicted octanol–water partition coefficient (Wildman–Crippen LogP) is 1.58. The summed E-state index contributed by atoms with van der Waals surface area (Å²) in [6.07, 6.45) is 1.55. The second-order valence-corrected chi connectivity index (χ2v) is 3.51. The normalized spacial score (nSPS) is 8.75. The van der Waals surface area contributed by atoms with Gasteiger partial charge in [0.25, 0.3) is 0 Å². The molecule has 5 heteroatoms. The molecule has 1 aromatic heterocycles. The summed E-state index contributed by atoms with van der Waals surface area (Å²) in [7, 11) is 0. The molecule has 0 atom stereocenters. The highest BCUT2D eigenvalue weighted by atomic mass is 32.1. The zero-order valence-electron chi connectivity index (χ0n) is 8.23. The molecule has 4 nitrogen and oxygen atoms in total. The van der Waals surface area contributed by atoms with Gasteiger partial charge in [0.1, 0.15) is 17.2 Å². The van der Waals surface area contributed by atoms with Crippen LogP contribution in [-0.4, -0.2) is 23.5 Å². The van der Waals surface area contributed by atoms with Crippen LogP contribution in [0.5, 0.6) is 5.75 Å². The zero-order valence-corrected chi connectivity index (χ0v) is 9.04. The van der Waals surface area contributed by atoms with E-state index in [0.717, 1.165) is 11.3 Å². The third-order valence-electron chi connectivity index (χ3n) is 1.47. The molecule has 1 heterocycles. The van der Waals surface area contributed by atoms with Crippen molar-refractivity contribution in [1.29, 1.82) is 0 Å². The summed E-state index contributed by atoms with van der Waals surface area (Å²) < 4.78 is 5.21. The lowest BCUT2D eigenvalue weighted by atomic mass is 10.3. The Balaban J connectivity index is 2.84.